The first kappa shape index (κ1) is 27.5. The summed E-state index contributed by atoms with van der Waals surface area (Å²) in [6, 6.07) is 0. The lowest BCUT2D eigenvalue weighted by molar-refractivity contribution is -0.416. The van der Waals surface area contributed by atoms with Crippen molar-refractivity contribution in [1.29, 1.82) is 0 Å². The predicted molar refractivity (Wildman–Crippen MR) is 41.7 cm³/mol. The first-order valence-corrected chi connectivity index (χ1v) is 3.81. The number of hydrogen-bond acceptors (Lipinski definition) is 3. The minimum atomic E-state index is -5.12. The van der Waals surface area contributed by atoms with Crippen molar-refractivity contribution in [3.8, 4) is 0 Å². The summed E-state index contributed by atoms with van der Waals surface area (Å²) in [5.74, 6) is 0. The summed E-state index contributed by atoms with van der Waals surface area (Å²) in [4.78, 5) is 3.81. The zero-order chi connectivity index (χ0) is 16.1. The third kappa shape index (κ3) is 25.8. The molecule has 0 amide bonds. The quantitative estimate of drug-likeness (QED) is 0.731. The van der Waals surface area contributed by atoms with Gasteiger partial charge in [0.05, 0.1) is 0 Å². The van der Waals surface area contributed by atoms with Crippen LogP contribution in [-0.2, 0) is 14.6 Å². The fourth-order valence-electron chi connectivity index (χ4n) is 0.284. The average Bonchev–Trinajstić information content (AvgIpc) is 2.29. The van der Waals surface area contributed by atoms with Crippen LogP contribution in [-0.4, -0.2) is 39.3 Å². The molecule has 0 N–H and O–H groups in total. The molecule has 0 aromatic rings. The molecule has 0 aliphatic rings. The molecule has 0 aliphatic heterocycles. The van der Waals surface area contributed by atoms with Crippen LogP contribution in [0.5, 0.6) is 0 Å². The lowest BCUT2D eigenvalue weighted by Gasteiger charge is -2.13. The van der Waals surface area contributed by atoms with Crippen molar-refractivity contribution in [2.75, 3.05) is 20.6 Å². The van der Waals surface area contributed by atoms with E-state index in [1.807, 2.05) is 0 Å². The molecule has 3 nitrogen and oxygen atoms in total. The van der Waals surface area contributed by atoms with Gasteiger partial charge in [-0.25, -0.2) is 8.78 Å². The smallest absolute Gasteiger partial charge is 0.369 e. The molecule has 0 aromatic heterocycles. The third-order valence-corrected chi connectivity index (χ3v) is 0.918. The van der Waals surface area contributed by atoms with Gasteiger partial charge in [-0.3, -0.25) is 4.70 Å². The molecule has 0 heterocycles. The number of alkyl halides is 8. The van der Waals surface area contributed by atoms with Crippen LogP contribution in [0.2, 0.25) is 0 Å². The Morgan fingerprint density at radius 2 is 1.25 bits per heavy atom. The van der Waals surface area contributed by atoms with E-state index in [0.29, 0.717) is 0 Å². The molecular weight excluding hydrogens is 329 g/mol. The minimum absolute atomic E-state index is 0. The zero-order valence-electron chi connectivity index (χ0n) is 9.40. The summed E-state index contributed by atoms with van der Waals surface area (Å²) < 4.78 is 110. The van der Waals surface area contributed by atoms with Crippen LogP contribution < -0.4 is 0 Å². The molecule has 0 bridgehead atoms. The third-order valence-electron chi connectivity index (χ3n) is 0.918. The fourth-order valence-corrected chi connectivity index (χ4v) is 0.284. The molecule has 0 aromatic carbocycles. The summed E-state index contributed by atoms with van der Waals surface area (Å²) in [5.41, 5.74) is 0. The van der Waals surface area contributed by atoms with Crippen LogP contribution in [0.4, 0.5) is 48.9 Å². The molecule has 1 atom stereocenters. The number of methoxy groups -OCH3 is 1. The van der Waals surface area contributed by atoms with Crippen molar-refractivity contribution >= 4 is 0 Å². The van der Waals surface area contributed by atoms with Crippen LogP contribution >= 0.6 is 0 Å². The van der Waals surface area contributed by atoms with E-state index in [0.717, 1.165) is 7.11 Å². The van der Waals surface area contributed by atoms with Crippen LogP contribution in [0.1, 0.15) is 0 Å². The van der Waals surface area contributed by atoms with Crippen LogP contribution in [0.15, 0.2) is 0 Å². The van der Waals surface area contributed by atoms with Gasteiger partial charge in [-0.2, -0.15) is 18.1 Å². The second kappa shape index (κ2) is 14.5. The molecule has 1 unspecified atom stereocenters. The van der Waals surface area contributed by atoms with Gasteiger partial charge in [-0.15, -0.1) is 13.2 Å². The number of hydrogen-bond donors (Lipinski definition) is 0. The van der Waals surface area contributed by atoms with Gasteiger partial charge in [0.2, 0.25) is 6.86 Å². The van der Waals surface area contributed by atoms with Crippen molar-refractivity contribution in [2.45, 2.75) is 18.6 Å². The number of rotatable bonds is 3. The second-order valence-electron chi connectivity index (χ2n) is 2.16. The maximum Gasteiger partial charge on any atom is 0.553 e. The Morgan fingerprint density at radius 3 is 1.25 bits per heavy atom. The number of ether oxygens (including phenoxy) is 1. The van der Waals surface area contributed by atoms with Gasteiger partial charge in [0.15, 0.2) is 6.10 Å². The maximum absolute atomic E-state index is 11.4. The van der Waals surface area contributed by atoms with Gasteiger partial charge in [-0.1, -0.05) is 4.94 Å². The molecule has 20 heavy (non-hydrogen) atoms. The molecule has 0 fully saturated rings. The summed E-state index contributed by atoms with van der Waals surface area (Å²) in [7, 11) is 0.817. The standard InChI is InChI=1S/C4H6F4O.CF4O.CH2F2O.FH/c1-9-3(2-5)4(6,7)8;2-1(3,4)6-5;2-1-4-3;/h3H,2H2,1H3;;1H2;1H. The largest absolute Gasteiger partial charge is 0.553 e. The zero-order valence-corrected chi connectivity index (χ0v) is 9.40. The van der Waals surface area contributed by atoms with Gasteiger partial charge >= 0.3 is 12.5 Å². The second-order valence-corrected chi connectivity index (χ2v) is 2.16. The van der Waals surface area contributed by atoms with E-state index in [1.54, 1.807) is 0 Å². The van der Waals surface area contributed by atoms with Crippen molar-refractivity contribution in [3.05, 3.63) is 0 Å². The molecule has 14 heteroatoms. The van der Waals surface area contributed by atoms with Crippen LogP contribution in [0, 0.1) is 0 Å². The molecular formula is C6H9F11O3. The Morgan fingerprint density at radius 1 is 0.950 bits per heavy atom. The molecule has 0 aliphatic carbocycles. The lowest BCUT2D eigenvalue weighted by atomic mass is 10.4. The minimum Gasteiger partial charge on any atom is -0.369 e. The van der Waals surface area contributed by atoms with Crippen molar-refractivity contribution in [2.24, 2.45) is 0 Å². The first-order valence-electron chi connectivity index (χ1n) is 3.81. The van der Waals surface area contributed by atoms with E-state index in [-0.39, 0.29) is 4.70 Å². The molecule has 0 saturated carbocycles. The Kier molecular flexibility index (Phi) is 19.9. The maximum atomic E-state index is 11.4. The Balaban J connectivity index is -0.000000102. The monoisotopic (exact) mass is 338 g/mol. The average molecular weight is 338 g/mol. The van der Waals surface area contributed by atoms with E-state index in [1.165, 1.54) is 4.94 Å². The van der Waals surface area contributed by atoms with Gasteiger partial charge in [0, 0.05) is 7.11 Å². The highest BCUT2D eigenvalue weighted by atomic mass is 19.5. The van der Waals surface area contributed by atoms with Crippen LogP contribution in [0.25, 0.3) is 0 Å². The Bertz CT molecular complexity index is 176. The number of halogens is 11. The van der Waals surface area contributed by atoms with Gasteiger partial charge in [0.1, 0.15) is 6.67 Å². The van der Waals surface area contributed by atoms with E-state index in [9.17, 15) is 44.2 Å². The predicted octanol–water partition coefficient (Wildman–Crippen LogP) is 3.91. The fraction of sp³-hybridized carbons (Fsp3) is 1.00. The van der Waals surface area contributed by atoms with Gasteiger partial charge in [0.25, 0.3) is 0 Å². The van der Waals surface area contributed by atoms with E-state index >= 15 is 0 Å². The summed E-state index contributed by atoms with van der Waals surface area (Å²) in [6.07, 6.45) is -12.0. The van der Waals surface area contributed by atoms with Crippen LogP contribution in [0.3, 0.4) is 0 Å². The molecule has 0 spiro atoms. The van der Waals surface area contributed by atoms with Gasteiger partial charge < -0.3 is 4.74 Å². The Hall–Kier alpha value is -0.890. The molecule has 128 valence electrons. The highest BCUT2D eigenvalue weighted by Crippen LogP contribution is 2.22. The highest BCUT2D eigenvalue weighted by molar-refractivity contribution is 4.64. The first-order chi connectivity index (χ1) is 8.49. The van der Waals surface area contributed by atoms with Crippen molar-refractivity contribution in [1.82, 2.24) is 0 Å². The lowest BCUT2D eigenvalue weighted by Crippen LogP contribution is -2.32. The topological polar surface area (TPSA) is 27.7 Å². The van der Waals surface area contributed by atoms with Gasteiger partial charge in [-0.05, 0) is 9.05 Å². The van der Waals surface area contributed by atoms with E-state index in [2.05, 4.69) is 9.68 Å². The van der Waals surface area contributed by atoms with E-state index < -0.39 is 32.2 Å². The SMILES string of the molecule is COC(CF)C(F)(F)F.F.FCOF.FOC(F)(F)F. The van der Waals surface area contributed by atoms with E-state index in [4.69, 9.17) is 0 Å². The van der Waals surface area contributed by atoms with Crippen molar-refractivity contribution < 1.29 is 63.5 Å². The van der Waals surface area contributed by atoms with Crippen molar-refractivity contribution in [3.63, 3.8) is 0 Å². The summed E-state index contributed by atoms with van der Waals surface area (Å²) in [6.45, 7) is -2.88. The summed E-state index contributed by atoms with van der Waals surface area (Å²) in [5, 5.41) is 0. The summed E-state index contributed by atoms with van der Waals surface area (Å²) >= 11 is 0. The highest BCUT2D eigenvalue weighted by Gasteiger charge is 2.39. The Labute approximate surface area is 104 Å². The molecule has 0 saturated heterocycles. The normalized spacial score (nSPS) is 12.2. The molecule has 0 rings (SSSR count). The molecule has 0 radical (unpaired) electrons.